The molecule has 9 heteroatoms. The third-order valence-corrected chi connectivity index (χ3v) is 9.88. The van der Waals surface area contributed by atoms with Crippen molar-refractivity contribution in [3.8, 4) is 6.07 Å². The molecule has 0 spiro atoms. The standard InChI is InChI=1S/C38H50N4O5/c1-46-20-9-21-47-38(30-12-6-3-7-13-30)31-14-8-19-42(26-31)35-34(36(44)37(35)45)41-32(22-27-10-4-2-5-11-27)33(43)25-40-24-29-17-15-28(23-39)16-18-29/h3,6-7,12-13,15-18,27,31-33,38,40-41,43H,2,4-5,8-11,14,19-22,24-26H2,1H3/t31-,32?,33?,38+/m1/s1. The third-order valence-electron chi connectivity index (χ3n) is 9.88. The summed E-state index contributed by atoms with van der Waals surface area (Å²) in [5.74, 6) is 0.617. The molecule has 3 aromatic rings. The van der Waals surface area contributed by atoms with E-state index < -0.39 is 17.0 Å². The lowest BCUT2D eigenvalue weighted by molar-refractivity contribution is -0.00235. The Kier molecular flexibility index (Phi) is 13.0. The highest BCUT2D eigenvalue weighted by atomic mass is 16.5. The highest BCUT2D eigenvalue weighted by Gasteiger charge is 2.35. The van der Waals surface area contributed by atoms with Crippen molar-refractivity contribution in [2.75, 3.05) is 50.2 Å². The summed E-state index contributed by atoms with van der Waals surface area (Å²) in [6, 6.07) is 19.4. The molecule has 1 heterocycles. The SMILES string of the molecule is COCCCO[C@@H](c1ccccc1)[C@@H]1CCCN(c2c(NC(CC3CCCCC3)C(O)CNCc3ccc(C#N)cc3)c(=O)c2=O)C1. The van der Waals surface area contributed by atoms with E-state index in [2.05, 4.69) is 33.7 Å². The van der Waals surface area contributed by atoms with E-state index >= 15 is 0 Å². The summed E-state index contributed by atoms with van der Waals surface area (Å²) >= 11 is 0. The van der Waals surface area contributed by atoms with Gasteiger partial charge in [0.05, 0.1) is 29.9 Å². The first kappa shape index (κ1) is 34.8. The Morgan fingerprint density at radius 2 is 1.74 bits per heavy atom. The van der Waals surface area contributed by atoms with E-state index in [0.29, 0.717) is 62.2 Å². The molecular weight excluding hydrogens is 592 g/mol. The van der Waals surface area contributed by atoms with Crippen molar-refractivity contribution in [1.29, 1.82) is 5.26 Å². The fraction of sp³-hybridized carbons (Fsp3) is 0.553. The molecule has 1 aliphatic heterocycles. The Hall–Kier alpha value is -3.55. The van der Waals surface area contributed by atoms with Gasteiger partial charge in [0.1, 0.15) is 11.4 Å². The Morgan fingerprint density at radius 3 is 2.47 bits per heavy atom. The van der Waals surface area contributed by atoms with E-state index in [0.717, 1.165) is 49.7 Å². The molecule has 47 heavy (non-hydrogen) atoms. The molecule has 0 amide bonds. The van der Waals surface area contributed by atoms with E-state index in [1.165, 1.54) is 19.3 Å². The molecule has 4 atom stereocenters. The summed E-state index contributed by atoms with van der Waals surface area (Å²) in [6.07, 6.45) is 8.34. The second-order valence-corrected chi connectivity index (χ2v) is 13.3. The molecule has 3 N–H and O–H groups in total. The van der Waals surface area contributed by atoms with Gasteiger partial charge in [0.25, 0.3) is 10.9 Å². The number of methoxy groups -OCH3 is 1. The maximum Gasteiger partial charge on any atom is 0.253 e. The lowest BCUT2D eigenvalue weighted by Gasteiger charge is -2.40. The van der Waals surface area contributed by atoms with Crippen LogP contribution in [-0.4, -0.2) is 57.2 Å². The molecule has 0 radical (unpaired) electrons. The minimum atomic E-state index is -0.760. The maximum absolute atomic E-state index is 13.1. The van der Waals surface area contributed by atoms with Crippen molar-refractivity contribution >= 4 is 11.4 Å². The van der Waals surface area contributed by atoms with Crippen LogP contribution in [-0.2, 0) is 16.0 Å². The van der Waals surface area contributed by atoms with Gasteiger partial charge in [0.2, 0.25) is 0 Å². The molecule has 1 aliphatic carbocycles. The average Bonchev–Trinajstić information content (AvgIpc) is 3.12. The molecule has 252 valence electrons. The summed E-state index contributed by atoms with van der Waals surface area (Å²) in [7, 11) is 1.69. The Morgan fingerprint density at radius 1 is 0.979 bits per heavy atom. The van der Waals surface area contributed by atoms with Gasteiger partial charge in [-0.05, 0) is 54.9 Å². The predicted molar refractivity (Wildman–Crippen MR) is 185 cm³/mol. The maximum atomic E-state index is 13.1. The van der Waals surface area contributed by atoms with E-state index in [4.69, 9.17) is 14.7 Å². The zero-order chi connectivity index (χ0) is 33.0. The van der Waals surface area contributed by atoms with Crippen LogP contribution in [0.3, 0.4) is 0 Å². The summed E-state index contributed by atoms with van der Waals surface area (Å²) in [5.41, 5.74) is 2.61. The van der Waals surface area contributed by atoms with Crippen LogP contribution in [0.2, 0.25) is 0 Å². The topological polar surface area (TPSA) is 124 Å². The summed E-state index contributed by atoms with van der Waals surface area (Å²) in [6.45, 7) is 3.41. The Labute approximate surface area is 278 Å². The lowest BCUT2D eigenvalue weighted by Crippen LogP contribution is -2.50. The summed E-state index contributed by atoms with van der Waals surface area (Å²) < 4.78 is 11.7. The fourth-order valence-corrected chi connectivity index (χ4v) is 7.32. The van der Waals surface area contributed by atoms with Crippen LogP contribution in [0.1, 0.15) is 80.6 Å². The number of ether oxygens (including phenoxy) is 2. The van der Waals surface area contributed by atoms with Gasteiger partial charge in [-0.3, -0.25) is 9.59 Å². The molecule has 2 fully saturated rings. The number of rotatable bonds is 17. The number of piperidine rings is 1. The van der Waals surface area contributed by atoms with Crippen molar-refractivity contribution in [2.45, 2.75) is 82.6 Å². The van der Waals surface area contributed by atoms with Crippen LogP contribution < -0.4 is 26.4 Å². The number of nitriles is 1. The molecule has 1 saturated carbocycles. The van der Waals surface area contributed by atoms with Gasteiger partial charge >= 0.3 is 0 Å². The van der Waals surface area contributed by atoms with Crippen molar-refractivity contribution in [1.82, 2.24) is 5.32 Å². The molecule has 0 aromatic heterocycles. The van der Waals surface area contributed by atoms with Crippen LogP contribution >= 0.6 is 0 Å². The largest absolute Gasteiger partial charge is 0.390 e. The minimum Gasteiger partial charge on any atom is -0.390 e. The normalized spacial score (nSPS) is 19.3. The molecule has 2 aliphatic rings. The number of nitrogens with zero attached hydrogens (tertiary/aromatic N) is 2. The monoisotopic (exact) mass is 642 g/mol. The van der Waals surface area contributed by atoms with Gasteiger partial charge in [0.15, 0.2) is 0 Å². The number of hydrogen-bond acceptors (Lipinski definition) is 9. The first-order valence-electron chi connectivity index (χ1n) is 17.4. The quantitative estimate of drug-likeness (QED) is 0.137. The van der Waals surface area contributed by atoms with Crippen LogP contribution in [0.5, 0.6) is 0 Å². The molecule has 5 rings (SSSR count). The van der Waals surface area contributed by atoms with Gasteiger partial charge in [-0.25, -0.2) is 0 Å². The van der Waals surface area contributed by atoms with Gasteiger partial charge in [-0.2, -0.15) is 5.26 Å². The zero-order valence-electron chi connectivity index (χ0n) is 27.7. The summed E-state index contributed by atoms with van der Waals surface area (Å²) in [4.78, 5) is 28.3. The molecule has 9 nitrogen and oxygen atoms in total. The van der Waals surface area contributed by atoms with Crippen LogP contribution in [0.15, 0.2) is 64.2 Å². The third kappa shape index (κ3) is 9.29. The second-order valence-electron chi connectivity index (χ2n) is 13.3. The fourth-order valence-electron chi connectivity index (χ4n) is 7.32. The molecule has 3 aromatic carbocycles. The number of anilines is 2. The number of aliphatic hydroxyl groups is 1. The van der Waals surface area contributed by atoms with Crippen molar-refractivity contribution in [2.24, 2.45) is 11.8 Å². The predicted octanol–water partition coefficient (Wildman–Crippen LogP) is 5.07. The smallest absolute Gasteiger partial charge is 0.253 e. The molecular formula is C38H50N4O5. The Balaban J connectivity index is 1.29. The molecule has 2 unspecified atom stereocenters. The van der Waals surface area contributed by atoms with Gasteiger partial charge in [-0.15, -0.1) is 0 Å². The van der Waals surface area contributed by atoms with Crippen LogP contribution in [0, 0.1) is 23.2 Å². The van der Waals surface area contributed by atoms with Crippen LogP contribution in [0.4, 0.5) is 11.4 Å². The molecule has 0 bridgehead atoms. The van der Waals surface area contributed by atoms with Crippen molar-refractivity contribution in [3.05, 3.63) is 91.7 Å². The second kappa shape index (κ2) is 17.6. The van der Waals surface area contributed by atoms with Crippen molar-refractivity contribution < 1.29 is 14.6 Å². The number of nitrogens with one attached hydrogen (secondary N) is 2. The van der Waals surface area contributed by atoms with Gasteiger partial charge < -0.3 is 30.1 Å². The first-order chi connectivity index (χ1) is 23.0. The molecule has 1 saturated heterocycles. The van der Waals surface area contributed by atoms with Crippen molar-refractivity contribution in [3.63, 3.8) is 0 Å². The van der Waals surface area contributed by atoms with E-state index in [9.17, 15) is 14.7 Å². The van der Waals surface area contributed by atoms with Crippen LogP contribution in [0.25, 0.3) is 0 Å². The average molecular weight is 643 g/mol. The van der Waals surface area contributed by atoms with E-state index in [-0.39, 0.29) is 18.1 Å². The number of aliphatic hydroxyl groups excluding tert-OH is 1. The number of hydrogen-bond donors (Lipinski definition) is 3. The zero-order valence-corrected chi connectivity index (χ0v) is 27.7. The van der Waals surface area contributed by atoms with E-state index in [1.54, 1.807) is 19.2 Å². The highest BCUT2D eigenvalue weighted by molar-refractivity contribution is 5.75. The first-order valence-corrected chi connectivity index (χ1v) is 17.4. The minimum absolute atomic E-state index is 0.123. The number of benzene rings is 2. The summed E-state index contributed by atoms with van der Waals surface area (Å²) in [5, 5.41) is 27.3. The Bertz CT molecular complexity index is 1490. The van der Waals surface area contributed by atoms with Gasteiger partial charge in [-0.1, -0.05) is 74.6 Å². The van der Waals surface area contributed by atoms with Gasteiger partial charge in [0, 0.05) is 52.4 Å². The van der Waals surface area contributed by atoms with E-state index in [1.807, 2.05) is 30.3 Å². The lowest BCUT2D eigenvalue weighted by atomic mass is 9.83. The highest BCUT2D eigenvalue weighted by Crippen LogP contribution is 2.36.